The van der Waals surface area contributed by atoms with Crippen LogP contribution >= 0.6 is 15.9 Å². The van der Waals surface area contributed by atoms with Gasteiger partial charge in [-0.15, -0.1) is 0 Å². The molecule has 1 saturated carbocycles. The molecule has 25 heavy (non-hydrogen) atoms. The molecule has 7 heteroatoms. The van der Waals surface area contributed by atoms with Crippen molar-refractivity contribution in [1.82, 2.24) is 5.32 Å². The van der Waals surface area contributed by atoms with Crippen LogP contribution in [0.4, 0.5) is 0 Å². The molecule has 1 unspecified atom stereocenters. The summed E-state index contributed by atoms with van der Waals surface area (Å²) in [5.74, 6) is 0.0909. The SMILES string of the molecule is CCOc1c(Br)cc(C(=O)OC(C)C(=O)NC2CCCC2)cc1OC. The van der Waals surface area contributed by atoms with Crippen molar-refractivity contribution < 1.29 is 23.8 Å². The number of hydrogen-bond donors (Lipinski definition) is 1. The van der Waals surface area contributed by atoms with Gasteiger partial charge in [-0.05, 0) is 54.8 Å². The minimum atomic E-state index is -0.857. The third-order valence-corrected chi connectivity index (χ3v) is 4.70. The first-order chi connectivity index (χ1) is 12.0. The lowest BCUT2D eigenvalue weighted by molar-refractivity contribution is -0.129. The Morgan fingerprint density at radius 2 is 2.00 bits per heavy atom. The molecule has 0 spiro atoms. The fraction of sp³-hybridized carbons (Fsp3) is 0.556. The average Bonchev–Trinajstić information content (AvgIpc) is 3.09. The second-order valence-electron chi connectivity index (χ2n) is 5.96. The quantitative estimate of drug-likeness (QED) is 0.692. The second-order valence-corrected chi connectivity index (χ2v) is 6.81. The van der Waals surface area contributed by atoms with Gasteiger partial charge in [0.1, 0.15) is 0 Å². The molecule has 0 radical (unpaired) electrons. The zero-order valence-electron chi connectivity index (χ0n) is 14.8. The molecule has 2 rings (SSSR count). The maximum atomic E-state index is 12.4. The molecule has 1 aliphatic carbocycles. The number of carbonyl (C=O) groups is 2. The zero-order valence-corrected chi connectivity index (χ0v) is 16.4. The maximum absolute atomic E-state index is 12.4. The third-order valence-electron chi connectivity index (χ3n) is 4.11. The maximum Gasteiger partial charge on any atom is 0.339 e. The summed E-state index contributed by atoms with van der Waals surface area (Å²) in [5.41, 5.74) is 0.285. The molecule has 0 heterocycles. The van der Waals surface area contributed by atoms with E-state index in [-0.39, 0.29) is 17.5 Å². The van der Waals surface area contributed by atoms with E-state index in [1.165, 1.54) is 7.11 Å². The summed E-state index contributed by atoms with van der Waals surface area (Å²) in [6.07, 6.45) is 3.35. The second kappa shape index (κ2) is 9.08. The molecule has 0 aliphatic heterocycles. The van der Waals surface area contributed by atoms with E-state index in [9.17, 15) is 9.59 Å². The van der Waals surface area contributed by atoms with Crippen molar-refractivity contribution in [3.63, 3.8) is 0 Å². The highest BCUT2D eigenvalue weighted by Crippen LogP contribution is 2.36. The van der Waals surface area contributed by atoms with Crippen molar-refractivity contribution in [2.24, 2.45) is 0 Å². The van der Waals surface area contributed by atoms with E-state index in [2.05, 4.69) is 21.2 Å². The standard InChI is InChI=1S/C18H24BrNO5/c1-4-24-16-14(19)9-12(10-15(16)23-3)18(22)25-11(2)17(21)20-13-7-5-6-8-13/h9-11,13H,4-8H2,1-3H3,(H,20,21). The molecular weight excluding hydrogens is 390 g/mol. The summed E-state index contributed by atoms with van der Waals surface area (Å²) in [6.45, 7) is 3.90. The van der Waals surface area contributed by atoms with Gasteiger partial charge in [0.2, 0.25) is 0 Å². The summed E-state index contributed by atoms with van der Waals surface area (Å²) in [6, 6.07) is 3.32. The Kier molecular flexibility index (Phi) is 7.11. The topological polar surface area (TPSA) is 73.9 Å². The predicted molar refractivity (Wildman–Crippen MR) is 97.1 cm³/mol. The lowest BCUT2D eigenvalue weighted by Crippen LogP contribution is -2.40. The summed E-state index contributed by atoms with van der Waals surface area (Å²) in [5, 5.41) is 2.93. The van der Waals surface area contributed by atoms with Crippen molar-refractivity contribution >= 4 is 27.8 Å². The Balaban J connectivity index is 2.04. The van der Waals surface area contributed by atoms with Crippen LogP contribution in [0.5, 0.6) is 11.5 Å². The minimum absolute atomic E-state index is 0.188. The molecule has 0 bridgehead atoms. The van der Waals surface area contributed by atoms with Gasteiger partial charge < -0.3 is 19.5 Å². The van der Waals surface area contributed by atoms with E-state index >= 15 is 0 Å². The van der Waals surface area contributed by atoms with Crippen LogP contribution in [-0.2, 0) is 9.53 Å². The minimum Gasteiger partial charge on any atom is -0.493 e. The Labute approximate surface area is 156 Å². The van der Waals surface area contributed by atoms with Crippen LogP contribution in [0.3, 0.4) is 0 Å². The highest BCUT2D eigenvalue weighted by molar-refractivity contribution is 9.10. The van der Waals surface area contributed by atoms with E-state index in [1.807, 2.05) is 6.92 Å². The summed E-state index contributed by atoms with van der Waals surface area (Å²) < 4.78 is 16.6. The van der Waals surface area contributed by atoms with Crippen molar-refractivity contribution in [3.8, 4) is 11.5 Å². The van der Waals surface area contributed by atoms with Gasteiger partial charge in [-0.25, -0.2) is 4.79 Å². The normalized spacial score (nSPS) is 15.5. The Hall–Kier alpha value is -1.76. The Morgan fingerprint density at radius 1 is 1.32 bits per heavy atom. The number of amides is 1. The Morgan fingerprint density at radius 3 is 2.60 bits per heavy atom. The zero-order chi connectivity index (χ0) is 18.4. The molecule has 6 nitrogen and oxygen atoms in total. The largest absolute Gasteiger partial charge is 0.493 e. The van der Waals surface area contributed by atoms with Gasteiger partial charge in [0.25, 0.3) is 5.91 Å². The molecule has 0 aromatic heterocycles. The molecular formula is C18H24BrNO5. The fourth-order valence-electron chi connectivity index (χ4n) is 2.79. The van der Waals surface area contributed by atoms with Gasteiger partial charge in [-0.2, -0.15) is 0 Å². The number of benzene rings is 1. The van der Waals surface area contributed by atoms with Crippen molar-refractivity contribution in [3.05, 3.63) is 22.2 Å². The summed E-state index contributed by atoms with van der Waals surface area (Å²) in [4.78, 5) is 24.5. The lowest BCUT2D eigenvalue weighted by Gasteiger charge is -2.18. The molecule has 1 aromatic rings. The predicted octanol–water partition coefficient (Wildman–Crippen LogP) is 3.46. The van der Waals surface area contributed by atoms with E-state index in [1.54, 1.807) is 19.1 Å². The Bertz CT molecular complexity index is 628. The first-order valence-electron chi connectivity index (χ1n) is 8.48. The van der Waals surface area contributed by atoms with Gasteiger partial charge in [0, 0.05) is 6.04 Å². The van der Waals surface area contributed by atoms with E-state index in [4.69, 9.17) is 14.2 Å². The summed E-state index contributed by atoms with van der Waals surface area (Å²) >= 11 is 3.37. The van der Waals surface area contributed by atoms with Gasteiger partial charge in [-0.1, -0.05) is 12.8 Å². The number of esters is 1. The molecule has 1 N–H and O–H groups in total. The van der Waals surface area contributed by atoms with E-state index < -0.39 is 12.1 Å². The number of ether oxygens (including phenoxy) is 3. The van der Waals surface area contributed by atoms with Crippen LogP contribution in [-0.4, -0.2) is 37.7 Å². The summed E-state index contributed by atoms with van der Waals surface area (Å²) in [7, 11) is 1.50. The number of rotatable bonds is 7. The highest BCUT2D eigenvalue weighted by Gasteiger charge is 2.24. The molecule has 0 saturated heterocycles. The van der Waals surface area contributed by atoms with Crippen LogP contribution < -0.4 is 14.8 Å². The van der Waals surface area contributed by atoms with Gasteiger partial charge in [0.05, 0.1) is 23.8 Å². The molecule has 1 amide bonds. The lowest BCUT2D eigenvalue weighted by atomic mass is 10.2. The smallest absolute Gasteiger partial charge is 0.339 e. The first kappa shape index (κ1) is 19.6. The van der Waals surface area contributed by atoms with Crippen molar-refractivity contribution in [1.29, 1.82) is 0 Å². The molecule has 138 valence electrons. The van der Waals surface area contributed by atoms with Gasteiger partial charge >= 0.3 is 5.97 Å². The number of hydrogen-bond acceptors (Lipinski definition) is 5. The third kappa shape index (κ3) is 5.11. The van der Waals surface area contributed by atoms with Crippen LogP contribution in [0, 0.1) is 0 Å². The molecule has 1 atom stereocenters. The monoisotopic (exact) mass is 413 g/mol. The van der Waals surface area contributed by atoms with Crippen molar-refractivity contribution in [2.45, 2.75) is 51.7 Å². The fourth-order valence-corrected chi connectivity index (χ4v) is 3.35. The first-order valence-corrected chi connectivity index (χ1v) is 9.27. The number of carbonyl (C=O) groups excluding carboxylic acids is 2. The molecule has 1 aliphatic rings. The van der Waals surface area contributed by atoms with Crippen LogP contribution in [0.2, 0.25) is 0 Å². The van der Waals surface area contributed by atoms with Crippen molar-refractivity contribution in [2.75, 3.05) is 13.7 Å². The number of nitrogens with one attached hydrogen (secondary N) is 1. The molecule has 1 fully saturated rings. The number of halogens is 1. The molecule has 1 aromatic carbocycles. The van der Waals surface area contributed by atoms with Crippen LogP contribution in [0.1, 0.15) is 49.9 Å². The number of methoxy groups -OCH3 is 1. The van der Waals surface area contributed by atoms with E-state index in [0.717, 1.165) is 25.7 Å². The highest BCUT2D eigenvalue weighted by atomic mass is 79.9. The van der Waals surface area contributed by atoms with Crippen LogP contribution in [0.15, 0.2) is 16.6 Å². The van der Waals surface area contributed by atoms with Crippen LogP contribution in [0.25, 0.3) is 0 Å². The van der Waals surface area contributed by atoms with Gasteiger partial charge in [0.15, 0.2) is 17.6 Å². The van der Waals surface area contributed by atoms with E-state index in [0.29, 0.717) is 22.6 Å². The van der Waals surface area contributed by atoms with Gasteiger partial charge in [-0.3, -0.25) is 4.79 Å². The average molecular weight is 414 g/mol.